The van der Waals surface area contributed by atoms with Crippen molar-refractivity contribution in [2.24, 2.45) is 5.10 Å². The number of phenols is 1. The summed E-state index contributed by atoms with van der Waals surface area (Å²) in [5, 5.41) is 13.7. The number of benzene rings is 4. The summed E-state index contributed by atoms with van der Waals surface area (Å²) >= 11 is 0. The molecule has 0 unspecified atom stereocenters. The van der Waals surface area contributed by atoms with Crippen LogP contribution in [-0.2, 0) is 0 Å². The lowest BCUT2D eigenvalue weighted by atomic mass is 10.2. The third-order valence-corrected chi connectivity index (χ3v) is 4.94. The van der Waals surface area contributed by atoms with Crippen molar-refractivity contribution < 1.29 is 29.0 Å². The molecule has 2 N–H and O–H groups in total. The van der Waals surface area contributed by atoms with E-state index in [2.05, 4.69) is 10.5 Å². The summed E-state index contributed by atoms with van der Waals surface area (Å²) in [6, 6.07) is 27.3. The Balaban J connectivity index is 1.56. The van der Waals surface area contributed by atoms with E-state index >= 15 is 0 Å². The molecule has 0 radical (unpaired) electrons. The van der Waals surface area contributed by atoms with Crippen molar-refractivity contribution in [1.29, 1.82) is 0 Å². The summed E-state index contributed by atoms with van der Waals surface area (Å²) in [6.45, 7) is 0. The number of aromatic hydroxyl groups is 1. The number of esters is 2. The number of phenolic OH excluding ortho intramolecular Hbond substituents is 1. The molecule has 0 aromatic heterocycles. The Bertz CT molecular complexity index is 1420. The van der Waals surface area contributed by atoms with E-state index in [1.54, 1.807) is 72.8 Å². The normalized spacial score (nSPS) is 10.6. The molecule has 8 nitrogen and oxygen atoms in total. The summed E-state index contributed by atoms with van der Waals surface area (Å²) in [5.74, 6) is -1.81. The van der Waals surface area contributed by atoms with Gasteiger partial charge < -0.3 is 14.6 Å². The molecule has 0 aliphatic rings. The molecule has 0 aliphatic heterocycles. The second-order valence-corrected chi connectivity index (χ2v) is 7.43. The van der Waals surface area contributed by atoms with E-state index in [0.717, 1.165) is 0 Å². The van der Waals surface area contributed by atoms with Crippen LogP contribution in [0.15, 0.2) is 108 Å². The molecule has 4 aromatic rings. The SMILES string of the molecule is O=C(Oc1ccc(/C=N\NC(=O)c2ccccc2O)c(OC(=O)c2ccccc2)c1)c1ccccc1. The van der Waals surface area contributed by atoms with Gasteiger partial charge in [-0.1, -0.05) is 48.5 Å². The van der Waals surface area contributed by atoms with Crippen molar-refractivity contribution in [1.82, 2.24) is 5.43 Å². The van der Waals surface area contributed by atoms with Crippen molar-refractivity contribution in [3.8, 4) is 17.2 Å². The number of rotatable bonds is 7. The largest absolute Gasteiger partial charge is 0.507 e. The third-order valence-electron chi connectivity index (χ3n) is 4.94. The van der Waals surface area contributed by atoms with Crippen LogP contribution in [0.25, 0.3) is 0 Å². The molecule has 36 heavy (non-hydrogen) atoms. The maximum absolute atomic E-state index is 12.7. The summed E-state index contributed by atoms with van der Waals surface area (Å²) < 4.78 is 11.0. The van der Waals surface area contributed by atoms with Crippen LogP contribution in [0.5, 0.6) is 17.2 Å². The number of hydrazone groups is 1. The van der Waals surface area contributed by atoms with Gasteiger partial charge in [0.2, 0.25) is 0 Å². The minimum absolute atomic E-state index is 0.0496. The second-order valence-electron chi connectivity index (χ2n) is 7.43. The van der Waals surface area contributed by atoms with Gasteiger partial charge in [-0.2, -0.15) is 5.10 Å². The average molecular weight is 480 g/mol. The number of amides is 1. The van der Waals surface area contributed by atoms with Gasteiger partial charge >= 0.3 is 11.9 Å². The molecule has 178 valence electrons. The zero-order chi connectivity index (χ0) is 25.3. The number of para-hydroxylation sites is 1. The molecule has 0 fully saturated rings. The fourth-order valence-electron chi connectivity index (χ4n) is 3.13. The molecule has 4 aromatic carbocycles. The molecular formula is C28H20N2O6. The van der Waals surface area contributed by atoms with Gasteiger partial charge in [0.15, 0.2) is 0 Å². The highest BCUT2D eigenvalue weighted by molar-refractivity contribution is 5.98. The number of ether oxygens (including phenoxy) is 2. The first-order valence-corrected chi connectivity index (χ1v) is 10.8. The standard InChI is InChI=1S/C28H20N2O6/c31-24-14-8-7-13-23(24)26(32)30-29-18-21-15-16-22(35-27(33)19-9-3-1-4-10-19)17-25(21)36-28(34)20-11-5-2-6-12-20/h1-18,31H,(H,30,32)/b29-18-. The van der Waals surface area contributed by atoms with E-state index < -0.39 is 17.8 Å². The summed E-state index contributed by atoms with van der Waals surface area (Å²) in [4.78, 5) is 37.4. The molecule has 8 heteroatoms. The predicted octanol–water partition coefficient (Wildman–Crippen LogP) is 4.59. The van der Waals surface area contributed by atoms with Gasteiger partial charge in [0.1, 0.15) is 17.2 Å². The second kappa shape index (κ2) is 11.3. The van der Waals surface area contributed by atoms with Gasteiger partial charge in [-0.3, -0.25) is 4.79 Å². The zero-order valence-corrected chi connectivity index (χ0v) is 18.8. The number of nitrogens with zero attached hydrogens (tertiary/aromatic N) is 1. The van der Waals surface area contributed by atoms with Gasteiger partial charge in [-0.15, -0.1) is 0 Å². The van der Waals surface area contributed by atoms with Crippen molar-refractivity contribution >= 4 is 24.1 Å². The van der Waals surface area contributed by atoms with Crippen LogP contribution in [0.3, 0.4) is 0 Å². The van der Waals surface area contributed by atoms with E-state index in [4.69, 9.17) is 9.47 Å². The lowest BCUT2D eigenvalue weighted by Gasteiger charge is -2.10. The quantitative estimate of drug-likeness (QED) is 0.173. The Morgan fingerprint density at radius 2 is 1.31 bits per heavy atom. The van der Waals surface area contributed by atoms with Gasteiger partial charge in [0.25, 0.3) is 5.91 Å². The molecule has 1 amide bonds. The number of hydrogen-bond acceptors (Lipinski definition) is 7. The topological polar surface area (TPSA) is 114 Å². The highest BCUT2D eigenvalue weighted by Crippen LogP contribution is 2.26. The Labute approximate surface area is 206 Å². The summed E-state index contributed by atoms with van der Waals surface area (Å²) in [6.07, 6.45) is 1.27. The summed E-state index contributed by atoms with van der Waals surface area (Å²) in [5.41, 5.74) is 3.37. The number of hydrogen-bond donors (Lipinski definition) is 2. The van der Waals surface area contributed by atoms with Gasteiger partial charge in [-0.25, -0.2) is 15.0 Å². The highest BCUT2D eigenvalue weighted by atomic mass is 16.5. The molecule has 4 rings (SSSR count). The van der Waals surface area contributed by atoms with Crippen LogP contribution in [0.4, 0.5) is 0 Å². The van der Waals surface area contributed by atoms with Crippen LogP contribution >= 0.6 is 0 Å². The van der Waals surface area contributed by atoms with Crippen molar-refractivity contribution in [3.05, 3.63) is 125 Å². The molecule has 0 aliphatic carbocycles. The molecule has 0 saturated carbocycles. The fraction of sp³-hybridized carbons (Fsp3) is 0. The van der Waals surface area contributed by atoms with Crippen LogP contribution < -0.4 is 14.9 Å². The van der Waals surface area contributed by atoms with Gasteiger partial charge in [0, 0.05) is 11.6 Å². The molecule has 0 heterocycles. The van der Waals surface area contributed by atoms with E-state index in [1.165, 1.54) is 36.5 Å². The maximum Gasteiger partial charge on any atom is 0.343 e. The summed E-state index contributed by atoms with van der Waals surface area (Å²) in [7, 11) is 0. The van der Waals surface area contributed by atoms with Gasteiger partial charge in [0.05, 0.1) is 22.9 Å². The molecular weight excluding hydrogens is 460 g/mol. The fourth-order valence-corrected chi connectivity index (χ4v) is 3.13. The Hall–Kier alpha value is -5.24. The van der Waals surface area contributed by atoms with Crippen molar-refractivity contribution in [2.75, 3.05) is 0 Å². The first-order chi connectivity index (χ1) is 17.5. The predicted molar refractivity (Wildman–Crippen MR) is 132 cm³/mol. The average Bonchev–Trinajstić information content (AvgIpc) is 2.91. The molecule has 0 saturated heterocycles. The van der Waals surface area contributed by atoms with E-state index in [9.17, 15) is 19.5 Å². The van der Waals surface area contributed by atoms with E-state index in [0.29, 0.717) is 16.7 Å². The lowest BCUT2D eigenvalue weighted by Crippen LogP contribution is -2.18. The number of nitrogens with one attached hydrogen (secondary N) is 1. The van der Waals surface area contributed by atoms with Crippen LogP contribution in [0, 0.1) is 0 Å². The first-order valence-electron chi connectivity index (χ1n) is 10.8. The first kappa shape index (κ1) is 23.9. The minimum Gasteiger partial charge on any atom is -0.507 e. The van der Waals surface area contributed by atoms with Crippen LogP contribution in [0.1, 0.15) is 36.6 Å². The molecule has 0 atom stereocenters. The van der Waals surface area contributed by atoms with E-state index in [1.807, 2.05) is 0 Å². The monoisotopic (exact) mass is 480 g/mol. The molecule has 0 spiro atoms. The minimum atomic E-state index is -0.630. The Kier molecular flexibility index (Phi) is 7.47. The van der Waals surface area contributed by atoms with Crippen LogP contribution in [-0.4, -0.2) is 29.2 Å². The van der Waals surface area contributed by atoms with Crippen molar-refractivity contribution in [2.45, 2.75) is 0 Å². The smallest absolute Gasteiger partial charge is 0.343 e. The number of carbonyl (C=O) groups is 3. The van der Waals surface area contributed by atoms with Crippen LogP contribution in [0.2, 0.25) is 0 Å². The van der Waals surface area contributed by atoms with E-state index in [-0.39, 0.29) is 22.8 Å². The zero-order valence-electron chi connectivity index (χ0n) is 18.8. The number of carbonyl (C=O) groups excluding carboxylic acids is 3. The third kappa shape index (κ3) is 6.00. The lowest BCUT2D eigenvalue weighted by molar-refractivity contribution is 0.0731. The van der Waals surface area contributed by atoms with Gasteiger partial charge in [-0.05, 0) is 48.5 Å². The Morgan fingerprint density at radius 1 is 0.722 bits per heavy atom. The maximum atomic E-state index is 12.7. The Morgan fingerprint density at radius 3 is 1.94 bits per heavy atom. The van der Waals surface area contributed by atoms with Crippen molar-refractivity contribution in [3.63, 3.8) is 0 Å². The highest BCUT2D eigenvalue weighted by Gasteiger charge is 2.15. The molecule has 0 bridgehead atoms.